The minimum Gasteiger partial charge on any atom is -0.508 e. The smallest absolute Gasteiger partial charge is 0.130 e. The SMILES string of the molecule is C#C[C@]1(O)CC[C@H]2[C@@H]3CCc4cc(O)ccc4[C@H]3[C@@H](C)C[C@@]21C. The molecule has 2 fully saturated rings. The Balaban J connectivity index is 1.77. The number of terminal acetylenes is 1. The summed E-state index contributed by atoms with van der Waals surface area (Å²) >= 11 is 0. The Kier molecular flexibility index (Phi) is 3.13. The molecular weight excluding hydrogens is 284 g/mol. The van der Waals surface area contributed by atoms with Gasteiger partial charge in [-0.1, -0.05) is 25.8 Å². The quantitative estimate of drug-likeness (QED) is 0.714. The average Bonchev–Trinajstić information content (AvgIpc) is 2.78. The highest BCUT2D eigenvalue weighted by Gasteiger charge is 2.62. The van der Waals surface area contributed by atoms with Gasteiger partial charge in [-0.2, -0.15) is 0 Å². The van der Waals surface area contributed by atoms with Crippen LogP contribution in [0.5, 0.6) is 5.75 Å². The molecule has 0 heterocycles. The zero-order valence-corrected chi connectivity index (χ0v) is 14.0. The number of hydrogen-bond donors (Lipinski definition) is 2. The topological polar surface area (TPSA) is 40.5 Å². The van der Waals surface area contributed by atoms with Gasteiger partial charge in [0.15, 0.2) is 0 Å². The average molecular weight is 310 g/mol. The summed E-state index contributed by atoms with van der Waals surface area (Å²) in [7, 11) is 0. The van der Waals surface area contributed by atoms with Gasteiger partial charge in [-0.15, -0.1) is 6.42 Å². The molecule has 3 aliphatic carbocycles. The molecule has 23 heavy (non-hydrogen) atoms. The second-order valence-corrected chi connectivity index (χ2v) is 8.36. The molecule has 2 saturated carbocycles. The second kappa shape index (κ2) is 4.77. The van der Waals surface area contributed by atoms with Crippen LogP contribution in [0.4, 0.5) is 0 Å². The number of aryl methyl sites for hydroxylation is 1. The fourth-order valence-corrected chi connectivity index (χ4v) is 6.36. The standard InChI is InChI=1S/C21H26O2/c1-4-21(23)10-9-18-17-7-5-14-11-15(22)6-8-16(14)19(17)13(2)12-20(18,21)3/h1,6,8,11,13,17-19,22-23H,5,7,9-10,12H2,2-3H3/t13-,17-,18-,19+,20-,21-/m0/s1. The molecule has 2 nitrogen and oxygen atoms in total. The van der Waals surface area contributed by atoms with E-state index in [2.05, 4.69) is 25.8 Å². The third kappa shape index (κ3) is 1.86. The van der Waals surface area contributed by atoms with Crippen molar-refractivity contribution in [1.82, 2.24) is 0 Å². The molecule has 0 amide bonds. The minimum atomic E-state index is -0.938. The molecule has 6 atom stereocenters. The van der Waals surface area contributed by atoms with Gasteiger partial charge in [0.1, 0.15) is 11.4 Å². The molecule has 0 spiro atoms. The molecule has 0 unspecified atom stereocenters. The van der Waals surface area contributed by atoms with Crippen LogP contribution in [0, 0.1) is 35.5 Å². The predicted molar refractivity (Wildman–Crippen MR) is 91.1 cm³/mol. The van der Waals surface area contributed by atoms with Crippen molar-refractivity contribution in [1.29, 1.82) is 0 Å². The molecule has 0 bridgehead atoms. The van der Waals surface area contributed by atoms with Crippen LogP contribution < -0.4 is 0 Å². The van der Waals surface area contributed by atoms with Gasteiger partial charge in [0, 0.05) is 5.41 Å². The highest BCUT2D eigenvalue weighted by Crippen LogP contribution is 2.65. The summed E-state index contributed by atoms with van der Waals surface area (Å²) in [5, 5.41) is 20.8. The molecule has 0 aromatic heterocycles. The number of phenols is 1. The third-order valence-electron chi connectivity index (χ3n) is 7.39. The monoisotopic (exact) mass is 310 g/mol. The van der Waals surface area contributed by atoms with E-state index in [9.17, 15) is 10.2 Å². The Morgan fingerprint density at radius 2 is 2.09 bits per heavy atom. The van der Waals surface area contributed by atoms with Gasteiger partial charge in [0.2, 0.25) is 0 Å². The minimum absolute atomic E-state index is 0.156. The molecule has 0 saturated heterocycles. The zero-order chi connectivity index (χ0) is 16.4. The van der Waals surface area contributed by atoms with Gasteiger partial charge in [-0.25, -0.2) is 0 Å². The summed E-state index contributed by atoms with van der Waals surface area (Å²) in [6.07, 6.45) is 10.7. The van der Waals surface area contributed by atoms with Crippen molar-refractivity contribution in [3.8, 4) is 18.1 Å². The van der Waals surface area contributed by atoms with E-state index in [1.54, 1.807) is 0 Å². The summed E-state index contributed by atoms with van der Waals surface area (Å²) in [4.78, 5) is 0. The van der Waals surface area contributed by atoms with Crippen molar-refractivity contribution in [2.45, 2.75) is 57.5 Å². The molecule has 3 aliphatic rings. The van der Waals surface area contributed by atoms with E-state index in [1.807, 2.05) is 12.1 Å². The fraction of sp³-hybridized carbons (Fsp3) is 0.619. The maximum Gasteiger partial charge on any atom is 0.130 e. The lowest BCUT2D eigenvalue weighted by Gasteiger charge is -2.54. The van der Waals surface area contributed by atoms with Gasteiger partial charge in [0.05, 0.1) is 0 Å². The Hall–Kier alpha value is -1.46. The molecule has 2 heteroatoms. The van der Waals surface area contributed by atoms with E-state index in [0.29, 0.717) is 29.4 Å². The number of phenolic OH excluding ortho intramolecular Hbond substituents is 1. The van der Waals surface area contributed by atoms with Crippen molar-refractivity contribution in [3.05, 3.63) is 29.3 Å². The van der Waals surface area contributed by atoms with Crippen molar-refractivity contribution >= 4 is 0 Å². The molecule has 122 valence electrons. The first-order valence-electron chi connectivity index (χ1n) is 8.91. The van der Waals surface area contributed by atoms with Gasteiger partial charge < -0.3 is 10.2 Å². The van der Waals surface area contributed by atoms with Gasteiger partial charge >= 0.3 is 0 Å². The second-order valence-electron chi connectivity index (χ2n) is 8.36. The molecule has 1 aromatic carbocycles. The van der Waals surface area contributed by atoms with Gasteiger partial charge in [-0.05, 0) is 79.0 Å². The van der Waals surface area contributed by atoms with Crippen molar-refractivity contribution < 1.29 is 10.2 Å². The number of benzene rings is 1. The fourth-order valence-electron chi connectivity index (χ4n) is 6.36. The Labute approximate surface area is 138 Å². The van der Waals surface area contributed by atoms with Crippen LogP contribution >= 0.6 is 0 Å². The van der Waals surface area contributed by atoms with E-state index >= 15 is 0 Å². The molecule has 2 N–H and O–H groups in total. The van der Waals surface area contributed by atoms with E-state index in [4.69, 9.17) is 6.42 Å². The maximum absolute atomic E-state index is 11.0. The molecule has 4 rings (SSSR count). The normalized spacial score (nSPS) is 44.8. The first-order chi connectivity index (χ1) is 10.9. The van der Waals surface area contributed by atoms with Crippen LogP contribution in [0.15, 0.2) is 18.2 Å². The Morgan fingerprint density at radius 3 is 2.83 bits per heavy atom. The lowest BCUT2D eigenvalue weighted by molar-refractivity contribution is -0.0811. The summed E-state index contributed by atoms with van der Waals surface area (Å²) < 4.78 is 0. The summed E-state index contributed by atoms with van der Waals surface area (Å²) in [5.74, 6) is 5.27. The van der Waals surface area contributed by atoms with Crippen LogP contribution in [0.2, 0.25) is 0 Å². The molecular formula is C21H26O2. The van der Waals surface area contributed by atoms with Crippen LogP contribution in [0.1, 0.15) is 56.6 Å². The third-order valence-corrected chi connectivity index (χ3v) is 7.39. The van der Waals surface area contributed by atoms with Crippen LogP contribution in [-0.4, -0.2) is 15.8 Å². The molecule has 0 aliphatic heterocycles. The lowest BCUT2D eigenvalue weighted by Crippen LogP contribution is -2.52. The Bertz CT molecular complexity index is 688. The maximum atomic E-state index is 11.0. The summed E-state index contributed by atoms with van der Waals surface area (Å²) in [6.45, 7) is 4.54. The van der Waals surface area contributed by atoms with Crippen molar-refractivity contribution in [2.75, 3.05) is 0 Å². The largest absolute Gasteiger partial charge is 0.508 e. The lowest BCUT2D eigenvalue weighted by atomic mass is 9.50. The number of aliphatic hydroxyl groups is 1. The van der Waals surface area contributed by atoms with E-state index in [-0.39, 0.29) is 5.41 Å². The van der Waals surface area contributed by atoms with Crippen molar-refractivity contribution in [2.24, 2.45) is 23.2 Å². The highest BCUT2D eigenvalue weighted by molar-refractivity contribution is 5.41. The van der Waals surface area contributed by atoms with E-state index in [1.165, 1.54) is 11.1 Å². The highest BCUT2D eigenvalue weighted by atomic mass is 16.3. The van der Waals surface area contributed by atoms with Gasteiger partial charge in [-0.3, -0.25) is 0 Å². The summed E-state index contributed by atoms with van der Waals surface area (Å²) in [5.41, 5.74) is 1.64. The zero-order valence-electron chi connectivity index (χ0n) is 14.0. The van der Waals surface area contributed by atoms with Crippen LogP contribution in [0.3, 0.4) is 0 Å². The first kappa shape index (κ1) is 15.1. The Morgan fingerprint density at radius 1 is 1.30 bits per heavy atom. The summed E-state index contributed by atoms with van der Waals surface area (Å²) in [6, 6.07) is 5.90. The van der Waals surface area contributed by atoms with E-state index in [0.717, 1.165) is 32.1 Å². The number of aromatic hydroxyl groups is 1. The molecule has 1 aromatic rings. The number of hydrogen-bond acceptors (Lipinski definition) is 2. The number of rotatable bonds is 0. The predicted octanol–water partition coefficient (Wildman–Crippen LogP) is 3.86. The first-order valence-corrected chi connectivity index (χ1v) is 8.91. The van der Waals surface area contributed by atoms with E-state index < -0.39 is 5.60 Å². The molecule has 0 radical (unpaired) electrons. The van der Waals surface area contributed by atoms with Crippen LogP contribution in [0.25, 0.3) is 0 Å². The van der Waals surface area contributed by atoms with Crippen molar-refractivity contribution in [3.63, 3.8) is 0 Å². The number of fused-ring (bicyclic) bond motifs is 5. The van der Waals surface area contributed by atoms with Gasteiger partial charge in [0.25, 0.3) is 0 Å². The van der Waals surface area contributed by atoms with Crippen LogP contribution in [-0.2, 0) is 6.42 Å².